The van der Waals surface area contributed by atoms with Crippen LogP contribution in [0.4, 0.5) is 0 Å². The molecule has 2 unspecified atom stereocenters. The van der Waals surface area contributed by atoms with E-state index in [2.05, 4.69) is 0 Å². The Balaban J connectivity index is 1.95. The van der Waals surface area contributed by atoms with E-state index >= 15 is 0 Å². The van der Waals surface area contributed by atoms with Gasteiger partial charge in [-0.1, -0.05) is 0 Å². The van der Waals surface area contributed by atoms with Crippen molar-refractivity contribution < 1.29 is 14.2 Å². The van der Waals surface area contributed by atoms with E-state index in [1.165, 1.54) is 0 Å². The fraction of sp³-hybridized carbons (Fsp3) is 1.00. The molecule has 10 heavy (non-hydrogen) atoms. The van der Waals surface area contributed by atoms with Crippen molar-refractivity contribution >= 4 is 0 Å². The van der Waals surface area contributed by atoms with Gasteiger partial charge < -0.3 is 14.2 Å². The van der Waals surface area contributed by atoms with Gasteiger partial charge >= 0.3 is 0 Å². The number of hydrogen-bond acceptors (Lipinski definition) is 3. The summed E-state index contributed by atoms with van der Waals surface area (Å²) in [4.78, 5) is 0. The Labute approximate surface area is 60.3 Å². The van der Waals surface area contributed by atoms with Crippen LogP contribution in [0.25, 0.3) is 0 Å². The average Bonchev–Trinajstić information content (AvgIpc) is 2.28. The van der Waals surface area contributed by atoms with Crippen LogP contribution < -0.4 is 0 Å². The summed E-state index contributed by atoms with van der Waals surface area (Å²) in [5.41, 5.74) is 0. The molecule has 2 aliphatic rings. The highest BCUT2D eigenvalue weighted by Crippen LogP contribution is 2.19. The number of ether oxygens (including phenoxy) is 3. The number of fused-ring (bicyclic) bond motifs is 1. The Hall–Kier alpha value is -0.120. The molecule has 58 valence electrons. The number of rotatable bonds is 0. The maximum atomic E-state index is 5.48. The molecular weight excluding hydrogens is 132 g/mol. The van der Waals surface area contributed by atoms with E-state index in [0.29, 0.717) is 12.0 Å². The highest BCUT2D eigenvalue weighted by Gasteiger charge is 2.30. The summed E-state index contributed by atoms with van der Waals surface area (Å²) in [5, 5.41) is 0. The monoisotopic (exact) mass is 144 g/mol. The highest BCUT2D eigenvalue weighted by atomic mass is 16.6. The molecule has 2 heterocycles. The third-order valence-corrected chi connectivity index (χ3v) is 2.03. The molecule has 3 heteroatoms. The molecule has 0 saturated carbocycles. The van der Waals surface area contributed by atoms with E-state index in [1.807, 2.05) is 0 Å². The Bertz CT molecular complexity index is 103. The zero-order valence-corrected chi connectivity index (χ0v) is 5.91. The smallest absolute Gasteiger partial charge is 0.0881 e. The lowest BCUT2D eigenvalue weighted by atomic mass is 10.1. The Kier molecular flexibility index (Phi) is 1.88. The summed E-state index contributed by atoms with van der Waals surface area (Å²) >= 11 is 0. The molecule has 2 fully saturated rings. The van der Waals surface area contributed by atoms with Gasteiger partial charge in [-0.3, -0.25) is 0 Å². The van der Waals surface area contributed by atoms with Crippen molar-refractivity contribution in [3.05, 3.63) is 0 Å². The minimum absolute atomic E-state index is 0.308. The van der Waals surface area contributed by atoms with Crippen LogP contribution in [0.5, 0.6) is 0 Å². The van der Waals surface area contributed by atoms with Crippen LogP contribution in [-0.2, 0) is 14.2 Å². The van der Waals surface area contributed by atoms with Crippen LogP contribution >= 0.6 is 0 Å². The molecule has 0 aromatic heterocycles. The summed E-state index contributed by atoms with van der Waals surface area (Å²) in [6.45, 7) is 3.85. The van der Waals surface area contributed by atoms with Gasteiger partial charge in [0, 0.05) is 5.92 Å². The third kappa shape index (κ3) is 1.17. The molecule has 3 nitrogen and oxygen atoms in total. The summed E-state index contributed by atoms with van der Waals surface area (Å²) in [6, 6.07) is 0. The van der Waals surface area contributed by atoms with Gasteiger partial charge in [0.25, 0.3) is 0 Å². The lowest BCUT2D eigenvalue weighted by Gasteiger charge is -2.11. The zero-order chi connectivity index (χ0) is 6.81. The maximum Gasteiger partial charge on any atom is 0.0881 e. The molecular formula is C7H12O3. The fourth-order valence-corrected chi connectivity index (χ4v) is 1.41. The second-order valence-electron chi connectivity index (χ2n) is 2.78. The van der Waals surface area contributed by atoms with Gasteiger partial charge in [0.1, 0.15) is 0 Å². The first-order valence-electron chi connectivity index (χ1n) is 3.74. The van der Waals surface area contributed by atoms with Crippen molar-refractivity contribution in [2.45, 2.75) is 6.10 Å². The quantitative estimate of drug-likeness (QED) is 0.480. The van der Waals surface area contributed by atoms with Gasteiger partial charge in [0.05, 0.1) is 39.1 Å². The molecule has 0 aliphatic carbocycles. The molecule has 2 atom stereocenters. The van der Waals surface area contributed by atoms with Gasteiger partial charge in [-0.15, -0.1) is 0 Å². The van der Waals surface area contributed by atoms with Crippen molar-refractivity contribution in [3.63, 3.8) is 0 Å². The van der Waals surface area contributed by atoms with Crippen LogP contribution in [0.3, 0.4) is 0 Å². The molecule has 2 saturated heterocycles. The summed E-state index contributed by atoms with van der Waals surface area (Å²) < 4.78 is 16.0. The second kappa shape index (κ2) is 2.86. The van der Waals surface area contributed by atoms with E-state index in [9.17, 15) is 0 Å². The maximum absolute atomic E-state index is 5.48. The Morgan fingerprint density at radius 3 is 2.80 bits per heavy atom. The van der Waals surface area contributed by atoms with Crippen LogP contribution in [0.2, 0.25) is 0 Å². The molecule has 0 radical (unpaired) electrons. The fourth-order valence-electron chi connectivity index (χ4n) is 1.41. The average molecular weight is 144 g/mol. The molecule has 0 N–H and O–H groups in total. The van der Waals surface area contributed by atoms with Gasteiger partial charge in [-0.25, -0.2) is 0 Å². The summed E-state index contributed by atoms with van der Waals surface area (Å²) in [6.07, 6.45) is 0.308. The second-order valence-corrected chi connectivity index (χ2v) is 2.78. The first-order valence-corrected chi connectivity index (χ1v) is 3.74. The van der Waals surface area contributed by atoms with Crippen LogP contribution in [0.15, 0.2) is 0 Å². The molecule has 2 rings (SSSR count). The summed E-state index contributed by atoms with van der Waals surface area (Å²) in [7, 11) is 0. The lowest BCUT2D eigenvalue weighted by Crippen LogP contribution is -2.22. The molecule has 0 amide bonds. The van der Waals surface area contributed by atoms with Crippen LogP contribution in [0.1, 0.15) is 0 Å². The summed E-state index contributed by atoms with van der Waals surface area (Å²) in [5.74, 6) is 0.488. The van der Waals surface area contributed by atoms with Crippen LogP contribution in [0, 0.1) is 5.92 Å². The van der Waals surface area contributed by atoms with E-state index in [4.69, 9.17) is 14.2 Å². The van der Waals surface area contributed by atoms with E-state index in [-0.39, 0.29) is 0 Å². The predicted octanol–water partition coefficient (Wildman–Crippen LogP) is 0.0482. The van der Waals surface area contributed by atoms with Crippen molar-refractivity contribution in [2.24, 2.45) is 5.92 Å². The number of hydrogen-bond donors (Lipinski definition) is 0. The van der Waals surface area contributed by atoms with Crippen molar-refractivity contribution in [3.8, 4) is 0 Å². The van der Waals surface area contributed by atoms with E-state index in [0.717, 1.165) is 33.0 Å². The van der Waals surface area contributed by atoms with Gasteiger partial charge in [-0.05, 0) is 0 Å². The lowest BCUT2D eigenvalue weighted by molar-refractivity contribution is 0.0318. The van der Waals surface area contributed by atoms with E-state index in [1.54, 1.807) is 0 Å². The Morgan fingerprint density at radius 1 is 0.900 bits per heavy atom. The van der Waals surface area contributed by atoms with Crippen molar-refractivity contribution in [1.29, 1.82) is 0 Å². The molecule has 0 aromatic rings. The SMILES string of the molecule is C1COC2COCC2CO1. The topological polar surface area (TPSA) is 27.7 Å². The zero-order valence-electron chi connectivity index (χ0n) is 5.91. The first-order chi connectivity index (χ1) is 4.97. The van der Waals surface area contributed by atoms with Crippen LogP contribution in [-0.4, -0.2) is 39.1 Å². The minimum Gasteiger partial charge on any atom is -0.379 e. The van der Waals surface area contributed by atoms with Gasteiger partial charge in [-0.2, -0.15) is 0 Å². The standard InChI is InChI=1S/C7H12O3/c1-2-10-7-5-9-4-6(7)3-8-1/h6-7H,1-5H2. The minimum atomic E-state index is 0.308. The third-order valence-electron chi connectivity index (χ3n) is 2.03. The largest absolute Gasteiger partial charge is 0.379 e. The molecule has 0 aromatic carbocycles. The predicted molar refractivity (Wildman–Crippen MR) is 34.9 cm³/mol. The molecule has 0 spiro atoms. The van der Waals surface area contributed by atoms with Gasteiger partial charge in [0.15, 0.2) is 0 Å². The van der Waals surface area contributed by atoms with Crippen molar-refractivity contribution in [2.75, 3.05) is 33.0 Å². The molecule has 0 bridgehead atoms. The Morgan fingerprint density at radius 2 is 1.80 bits per heavy atom. The van der Waals surface area contributed by atoms with E-state index < -0.39 is 0 Å². The normalized spacial score (nSPS) is 40.8. The first kappa shape index (κ1) is 6.58. The van der Waals surface area contributed by atoms with Gasteiger partial charge in [0.2, 0.25) is 0 Å². The van der Waals surface area contributed by atoms with Crippen molar-refractivity contribution in [1.82, 2.24) is 0 Å². The highest BCUT2D eigenvalue weighted by molar-refractivity contribution is 4.76. The molecule has 2 aliphatic heterocycles.